The second-order valence-electron chi connectivity index (χ2n) is 4.76. The minimum Gasteiger partial charge on any atom is -0.365 e. The largest absolute Gasteiger partial charge is 0.365 e. The number of aryl methyl sites for hydroxylation is 2. The molecule has 0 radical (unpaired) electrons. The standard InChI is InChI=1S/C16H20N4/c1-3-20-16(12-14(2)18-20)13-19(11-7-10-17)15-8-5-4-6-9-15/h4-6,8-9,12H,3,7,11,13H2,1-2H3. The fourth-order valence-electron chi connectivity index (χ4n) is 2.32. The van der Waals surface area contributed by atoms with Crippen molar-refractivity contribution in [3.8, 4) is 6.07 Å². The van der Waals surface area contributed by atoms with E-state index in [4.69, 9.17) is 5.26 Å². The third-order valence-corrected chi connectivity index (χ3v) is 3.25. The predicted molar refractivity (Wildman–Crippen MR) is 80.4 cm³/mol. The average molecular weight is 268 g/mol. The molecule has 0 spiro atoms. The molecule has 20 heavy (non-hydrogen) atoms. The maximum Gasteiger partial charge on any atom is 0.0640 e. The van der Waals surface area contributed by atoms with E-state index in [9.17, 15) is 0 Å². The van der Waals surface area contributed by atoms with Crippen LogP contribution in [0.5, 0.6) is 0 Å². The van der Waals surface area contributed by atoms with Crippen LogP contribution in [0.15, 0.2) is 36.4 Å². The Kier molecular flexibility index (Phi) is 4.78. The van der Waals surface area contributed by atoms with E-state index in [1.165, 1.54) is 5.69 Å². The van der Waals surface area contributed by atoms with Crippen LogP contribution in [0.2, 0.25) is 0 Å². The van der Waals surface area contributed by atoms with Gasteiger partial charge < -0.3 is 4.90 Å². The third kappa shape index (κ3) is 3.39. The number of aromatic nitrogens is 2. The summed E-state index contributed by atoms with van der Waals surface area (Å²) in [7, 11) is 0. The highest BCUT2D eigenvalue weighted by molar-refractivity contribution is 5.46. The summed E-state index contributed by atoms with van der Waals surface area (Å²) in [5, 5.41) is 13.3. The molecule has 1 aromatic carbocycles. The summed E-state index contributed by atoms with van der Waals surface area (Å²) in [5.41, 5.74) is 3.37. The molecular formula is C16H20N4. The van der Waals surface area contributed by atoms with Crippen LogP contribution in [0.4, 0.5) is 5.69 Å². The Balaban J connectivity index is 2.21. The molecule has 0 aliphatic carbocycles. The highest BCUT2D eigenvalue weighted by Crippen LogP contribution is 2.17. The van der Waals surface area contributed by atoms with Crippen molar-refractivity contribution in [2.24, 2.45) is 0 Å². The maximum atomic E-state index is 8.84. The summed E-state index contributed by atoms with van der Waals surface area (Å²) in [6, 6.07) is 14.6. The predicted octanol–water partition coefficient (Wildman–Crippen LogP) is 3.13. The van der Waals surface area contributed by atoms with E-state index in [0.717, 1.165) is 31.0 Å². The molecule has 0 aliphatic rings. The van der Waals surface area contributed by atoms with Gasteiger partial charge in [0.25, 0.3) is 0 Å². The fourth-order valence-corrected chi connectivity index (χ4v) is 2.32. The zero-order valence-corrected chi connectivity index (χ0v) is 12.1. The van der Waals surface area contributed by atoms with Crippen LogP contribution in [0.1, 0.15) is 24.7 Å². The molecule has 0 N–H and O–H groups in total. The molecule has 4 nitrogen and oxygen atoms in total. The van der Waals surface area contributed by atoms with Gasteiger partial charge in [-0.05, 0) is 32.0 Å². The zero-order valence-electron chi connectivity index (χ0n) is 12.1. The van der Waals surface area contributed by atoms with Crippen LogP contribution in [0.25, 0.3) is 0 Å². The monoisotopic (exact) mass is 268 g/mol. The Morgan fingerprint density at radius 3 is 2.70 bits per heavy atom. The molecule has 104 valence electrons. The number of nitriles is 1. The number of para-hydroxylation sites is 1. The fraction of sp³-hybridized carbons (Fsp3) is 0.375. The van der Waals surface area contributed by atoms with Gasteiger partial charge in [-0.25, -0.2) is 0 Å². The molecule has 1 aromatic heterocycles. The lowest BCUT2D eigenvalue weighted by Gasteiger charge is -2.24. The van der Waals surface area contributed by atoms with Crippen molar-refractivity contribution in [3.05, 3.63) is 47.8 Å². The van der Waals surface area contributed by atoms with Crippen molar-refractivity contribution < 1.29 is 0 Å². The first-order valence-corrected chi connectivity index (χ1v) is 6.95. The molecular weight excluding hydrogens is 248 g/mol. The number of benzene rings is 1. The van der Waals surface area contributed by atoms with E-state index >= 15 is 0 Å². The first-order valence-electron chi connectivity index (χ1n) is 6.95. The van der Waals surface area contributed by atoms with E-state index < -0.39 is 0 Å². The Morgan fingerprint density at radius 1 is 1.30 bits per heavy atom. The first kappa shape index (κ1) is 14.1. The molecule has 0 aliphatic heterocycles. The highest BCUT2D eigenvalue weighted by atomic mass is 15.3. The summed E-state index contributed by atoms with van der Waals surface area (Å²) in [6.07, 6.45) is 0.522. The Bertz CT molecular complexity index is 580. The molecule has 0 saturated heterocycles. The van der Waals surface area contributed by atoms with Crippen LogP contribution in [0, 0.1) is 18.3 Å². The number of nitrogens with zero attached hydrogens (tertiary/aromatic N) is 4. The van der Waals surface area contributed by atoms with E-state index in [-0.39, 0.29) is 0 Å². The Labute approximate surface area is 120 Å². The van der Waals surface area contributed by atoms with Crippen LogP contribution in [-0.2, 0) is 13.1 Å². The minimum absolute atomic E-state index is 0.522. The summed E-state index contributed by atoms with van der Waals surface area (Å²) in [4.78, 5) is 2.23. The van der Waals surface area contributed by atoms with Crippen LogP contribution in [-0.4, -0.2) is 16.3 Å². The zero-order chi connectivity index (χ0) is 14.4. The maximum absolute atomic E-state index is 8.84. The van der Waals surface area contributed by atoms with Gasteiger partial charge in [0.1, 0.15) is 0 Å². The third-order valence-electron chi connectivity index (χ3n) is 3.25. The number of rotatable bonds is 6. The minimum atomic E-state index is 0.522. The summed E-state index contributed by atoms with van der Waals surface area (Å²) >= 11 is 0. The SMILES string of the molecule is CCn1nc(C)cc1CN(CCC#N)c1ccccc1. The van der Waals surface area contributed by atoms with Crippen LogP contribution < -0.4 is 4.90 Å². The molecule has 0 atom stereocenters. The van der Waals surface area contributed by atoms with E-state index in [0.29, 0.717) is 6.42 Å². The summed E-state index contributed by atoms with van der Waals surface area (Å²) in [5.74, 6) is 0. The van der Waals surface area contributed by atoms with Gasteiger partial charge in [-0.3, -0.25) is 4.68 Å². The van der Waals surface area contributed by atoms with Crippen LogP contribution in [0.3, 0.4) is 0 Å². The topological polar surface area (TPSA) is 44.9 Å². The molecule has 0 fully saturated rings. The second kappa shape index (κ2) is 6.76. The molecule has 0 amide bonds. The smallest absolute Gasteiger partial charge is 0.0640 e. The van der Waals surface area contributed by atoms with Crippen molar-refractivity contribution >= 4 is 5.69 Å². The molecule has 2 rings (SSSR count). The Hall–Kier alpha value is -2.28. The summed E-state index contributed by atoms with van der Waals surface area (Å²) < 4.78 is 2.03. The van der Waals surface area contributed by atoms with Crippen molar-refractivity contribution in [1.82, 2.24) is 9.78 Å². The van der Waals surface area contributed by atoms with Gasteiger partial charge in [0.2, 0.25) is 0 Å². The van der Waals surface area contributed by atoms with Crippen molar-refractivity contribution in [1.29, 1.82) is 5.26 Å². The van der Waals surface area contributed by atoms with E-state index in [1.807, 2.05) is 29.8 Å². The van der Waals surface area contributed by atoms with Crippen LogP contribution >= 0.6 is 0 Å². The van der Waals surface area contributed by atoms with Gasteiger partial charge in [-0.15, -0.1) is 0 Å². The van der Waals surface area contributed by atoms with Gasteiger partial charge in [-0.2, -0.15) is 10.4 Å². The van der Waals surface area contributed by atoms with Gasteiger partial charge in [0, 0.05) is 18.8 Å². The lowest BCUT2D eigenvalue weighted by Crippen LogP contribution is -2.25. The molecule has 1 heterocycles. The van der Waals surface area contributed by atoms with Gasteiger partial charge in [0.15, 0.2) is 0 Å². The van der Waals surface area contributed by atoms with E-state index in [1.54, 1.807) is 0 Å². The normalized spacial score (nSPS) is 10.2. The van der Waals surface area contributed by atoms with Gasteiger partial charge in [-0.1, -0.05) is 18.2 Å². The second-order valence-corrected chi connectivity index (χ2v) is 4.76. The quantitative estimate of drug-likeness (QED) is 0.808. The van der Waals surface area contributed by atoms with Gasteiger partial charge >= 0.3 is 0 Å². The molecule has 0 saturated carbocycles. The lowest BCUT2D eigenvalue weighted by atomic mass is 10.2. The summed E-state index contributed by atoms with van der Waals surface area (Å²) in [6.45, 7) is 6.48. The molecule has 0 bridgehead atoms. The number of hydrogen-bond acceptors (Lipinski definition) is 3. The molecule has 0 unspecified atom stereocenters. The van der Waals surface area contributed by atoms with Crippen molar-refractivity contribution in [2.45, 2.75) is 33.4 Å². The van der Waals surface area contributed by atoms with E-state index in [2.05, 4.69) is 41.2 Å². The van der Waals surface area contributed by atoms with Crippen molar-refractivity contribution in [3.63, 3.8) is 0 Å². The lowest BCUT2D eigenvalue weighted by molar-refractivity contribution is 0.606. The molecule has 4 heteroatoms. The number of anilines is 1. The highest BCUT2D eigenvalue weighted by Gasteiger charge is 2.11. The first-order chi connectivity index (χ1) is 9.74. The average Bonchev–Trinajstić information content (AvgIpc) is 2.84. The Morgan fingerprint density at radius 2 is 2.05 bits per heavy atom. The van der Waals surface area contributed by atoms with Gasteiger partial charge in [0.05, 0.1) is 30.4 Å². The number of hydrogen-bond donors (Lipinski definition) is 0. The van der Waals surface area contributed by atoms with Crippen molar-refractivity contribution in [2.75, 3.05) is 11.4 Å². The molecule has 2 aromatic rings.